The first-order valence-electron chi connectivity index (χ1n) is 9.09. The number of ether oxygens (including phenoxy) is 1. The van der Waals surface area contributed by atoms with Crippen LogP contribution in [0.4, 0.5) is 0 Å². The lowest BCUT2D eigenvalue weighted by molar-refractivity contribution is -0.0695. The third-order valence-corrected chi connectivity index (χ3v) is 7.60. The van der Waals surface area contributed by atoms with Crippen LogP contribution in [-0.4, -0.2) is 59.5 Å². The highest BCUT2D eigenvalue weighted by molar-refractivity contribution is 14.1. The highest BCUT2D eigenvalue weighted by Gasteiger charge is 2.48. The molecule has 1 aromatic heterocycles. The van der Waals surface area contributed by atoms with E-state index in [2.05, 4.69) is 4.98 Å². The van der Waals surface area contributed by atoms with Gasteiger partial charge in [-0.2, -0.15) is 0 Å². The van der Waals surface area contributed by atoms with Crippen molar-refractivity contribution in [2.24, 2.45) is 0 Å². The number of hydrogen-bond donors (Lipinski definition) is 5. The van der Waals surface area contributed by atoms with Crippen LogP contribution >= 0.6 is 30.2 Å². The molecule has 0 radical (unpaired) electrons. The SMILES string of the molecule is CCC(O)P(=O)(O)OC(C)(CC)C[C@H]1O[C@@H](n2cc(I)c(=O)[nH]c2=O)[C@H](O)[C@@H]1O. The standard InChI is InChI=1S/C16H26IN2O9P/c1-4-10(20)29(25,26)28-16(3,5-2)6-9-11(21)12(22)14(27-9)19-7-8(17)13(23)18-15(19)24/h7,9-12,14,20-22H,4-6H2,1-3H3,(H,25,26)(H,18,23,24)/t9-,10?,11-,12-,14-,16?/m1/s1. The highest BCUT2D eigenvalue weighted by Crippen LogP contribution is 2.53. The molecule has 5 N–H and O–H groups in total. The number of halogens is 1. The molecule has 0 saturated carbocycles. The summed E-state index contributed by atoms with van der Waals surface area (Å²) in [6.45, 7) is 4.76. The van der Waals surface area contributed by atoms with Gasteiger partial charge in [-0.1, -0.05) is 13.8 Å². The number of aromatic nitrogens is 2. The molecule has 0 spiro atoms. The van der Waals surface area contributed by atoms with Crippen LogP contribution < -0.4 is 11.2 Å². The van der Waals surface area contributed by atoms with Crippen molar-refractivity contribution in [1.29, 1.82) is 0 Å². The normalized spacial score (nSPS) is 29.9. The fraction of sp³-hybridized carbons (Fsp3) is 0.750. The Hall–Kier alpha value is -0.600. The summed E-state index contributed by atoms with van der Waals surface area (Å²) >= 11 is 1.72. The number of aromatic amines is 1. The van der Waals surface area contributed by atoms with Crippen LogP contribution in [0.1, 0.15) is 46.3 Å². The lowest BCUT2D eigenvalue weighted by atomic mass is 9.93. The molecular weight excluding hydrogens is 522 g/mol. The van der Waals surface area contributed by atoms with Crippen LogP contribution in [0.3, 0.4) is 0 Å². The van der Waals surface area contributed by atoms with Gasteiger partial charge in [0.15, 0.2) is 12.1 Å². The van der Waals surface area contributed by atoms with E-state index in [9.17, 15) is 34.4 Å². The van der Waals surface area contributed by atoms with E-state index < -0.39 is 54.8 Å². The van der Waals surface area contributed by atoms with Crippen molar-refractivity contribution in [3.8, 4) is 0 Å². The van der Waals surface area contributed by atoms with Gasteiger partial charge in [-0.05, 0) is 42.4 Å². The third kappa shape index (κ3) is 5.37. The summed E-state index contributed by atoms with van der Waals surface area (Å²) < 4.78 is 24.5. The van der Waals surface area contributed by atoms with Crippen LogP contribution in [0, 0.1) is 3.57 Å². The maximum Gasteiger partial charge on any atom is 0.356 e. The number of aliphatic hydroxyl groups is 3. The van der Waals surface area contributed by atoms with Crippen LogP contribution in [0.15, 0.2) is 15.8 Å². The lowest BCUT2D eigenvalue weighted by Gasteiger charge is -2.34. The molecule has 2 heterocycles. The summed E-state index contributed by atoms with van der Waals surface area (Å²) in [5.41, 5.74) is -2.66. The summed E-state index contributed by atoms with van der Waals surface area (Å²) in [7, 11) is -4.35. The number of nitrogens with zero attached hydrogens (tertiary/aromatic N) is 1. The van der Waals surface area contributed by atoms with E-state index >= 15 is 0 Å². The van der Waals surface area contributed by atoms with Crippen LogP contribution in [0.25, 0.3) is 0 Å². The molecular formula is C16H26IN2O9P. The van der Waals surface area contributed by atoms with Gasteiger partial charge >= 0.3 is 13.3 Å². The van der Waals surface area contributed by atoms with Crippen molar-refractivity contribution in [1.82, 2.24) is 9.55 Å². The molecule has 29 heavy (non-hydrogen) atoms. The predicted molar refractivity (Wildman–Crippen MR) is 110 cm³/mol. The van der Waals surface area contributed by atoms with E-state index in [1.165, 1.54) is 20.0 Å². The topological polar surface area (TPSA) is 171 Å². The smallest absolute Gasteiger partial charge is 0.356 e. The molecule has 166 valence electrons. The summed E-state index contributed by atoms with van der Waals surface area (Å²) in [6, 6.07) is 0. The average Bonchev–Trinajstić information content (AvgIpc) is 2.91. The van der Waals surface area contributed by atoms with Gasteiger partial charge in [0.1, 0.15) is 12.2 Å². The molecule has 1 saturated heterocycles. The molecule has 7 atom stereocenters. The van der Waals surface area contributed by atoms with E-state index in [1.807, 2.05) is 0 Å². The van der Waals surface area contributed by atoms with Gasteiger partial charge in [-0.15, -0.1) is 0 Å². The minimum Gasteiger partial charge on any atom is -0.388 e. The Morgan fingerprint density at radius 2 is 2.00 bits per heavy atom. The Labute approximate surface area is 180 Å². The summed E-state index contributed by atoms with van der Waals surface area (Å²) in [5, 5.41) is 30.5. The quantitative estimate of drug-likeness (QED) is 0.226. The molecule has 2 rings (SSSR count). The van der Waals surface area contributed by atoms with Crippen molar-refractivity contribution in [3.63, 3.8) is 0 Å². The number of hydrogen-bond acceptors (Lipinski definition) is 8. The predicted octanol–water partition coefficient (Wildman–Crippen LogP) is 0.250. The van der Waals surface area contributed by atoms with Crippen LogP contribution in [0.2, 0.25) is 0 Å². The Kier molecular flexibility index (Phi) is 7.88. The number of rotatable bonds is 8. The van der Waals surface area contributed by atoms with Crippen molar-refractivity contribution < 1.29 is 34.0 Å². The Balaban J connectivity index is 2.25. The zero-order valence-corrected chi connectivity index (χ0v) is 19.2. The first-order valence-corrected chi connectivity index (χ1v) is 11.8. The largest absolute Gasteiger partial charge is 0.388 e. The van der Waals surface area contributed by atoms with Crippen LogP contribution in [0.5, 0.6) is 0 Å². The second kappa shape index (κ2) is 9.27. The molecule has 1 fully saturated rings. The van der Waals surface area contributed by atoms with Gasteiger partial charge in [0.25, 0.3) is 5.56 Å². The fourth-order valence-corrected chi connectivity index (χ4v) is 4.91. The van der Waals surface area contributed by atoms with Gasteiger partial charge < -0.3 is 29.5 Å². The molecule has 1 aromatic rings. The summed E-state index contributed by atoms with van der Waals surface area (Å²) in [4.78, 5) is 35.7. The van der Waals surface area contributed by atoms with Gasteiger partial charge in [-0.25, -0.2) is 4.79 Å². The number of aliphatic hydroxyl groups excluding tert-OH is 3. The van der Waals surface area contributed by atoms with Gasteiger partial charge in [0, 0.05) is 12.6 Å². The summed E-state index contributed by atoms with van der Waals surface area (Å²) in [5.74, 6) is -1.55. The maximum atomic E-state index is 12.3. The Bertz CT molecular complexity index is 890. The molecule has 0 bridgehead atoms. The second-order valence-corrected chi connectivity index (χ2v) is 10.3. The second-order valence-electron chi connectivity index (χ2n) is 7.24. The minimum atomic E-state index is -4.35. The van der Waals surface area contributed by atoms with E-state index in [1.54, 1.807) is 29.5 Å². The van der Waals surface area contributed by atoms with Crippen molar-refractivity contribution in [2.75, 3.05) is 0 Å². The van der Waals surface area contributed by atoms with Crippen molar-refractivity contribution >= 4 is 30.2 Å². The van der Waals surface area contributed by atoms with Crippen LogP contribution in [-0.2, 0) is 13.8 Å². The van der Waals surface area contributed by atoms with Crippen molar-refractivity contribution in [3.05, 3.63) is 30.6 Å². The first kappa shape index (κ1) is 24.7. The maximum absolute atomic E-state index is 12.3. The zero-order chi connectivity index (χ0) is 22.1. The molecule has 13 heteroatoms. The van der Waals surface area contributed by atoms with Gasteiger partial charge in [0.2, 0.25) is 0 Å². The molecule has 0 aromatic carbocycles. The molecule has 1 aliphatic rings. The van der Waals surface area contributed by atoms with Crippen molar-refractivity contribution in [2.45, 2.75) is 76.0 Å². The molecule has 0 amide bonds. The average molecular weight is 548 g/mol. The lowest BCUT2D eigenvalue weighted by Crippen LogP contribution is -2.39. The first-order chi connectivity index (χ1) is 13.3. The highest BCUT2D eigenvalue weighted by atomic mass is 127. The Morgan fingerprint density at radius 1 is 1.38 bits per heavy atom. The Morgan fingerprint density at radius 3 is 2.55 bits per heavy atom. The fourth-order valence-electron chi connectivity index (χ4n) is 3.06. The molecule has 3 unspecified atom stereocenters. The minimum absolute atomic E-state index is 0.0185. The number of nitrogens with one attached hydrogen (secondary N) is 1. The third-order valence-electron chi connectivity index (χ3n) is 5.01. The molecule has 1 aliphatic heterocycles. The molecule has 0 aliphatic carbocycles. The van der Waals surface area contributed by atoms with E-state index in [0.717, 1.165) is 4.57 Å². The zero-order valence-electron chi connectivity index (χ0n) is 16.2. The van der Waals surface area contributed by atoms with Gasteiger partial charge in [0.05, 0.1) is 15.3 Å². The van der Waals surface area contributed by atoms with Gasteiger partial charge in [-0.3, -0.25) is 18.9 Å². The molecule has 11 nitrogen and oxygen atoms in total. The summed E-state index contributed by atoms with van der Waals surface area (Å²) in [6.07, 6.45) is -3.81. The number of H-pyrrole nitrogens is 1. The van der Waals surface area contributed by atoms with E-state index in [4.69, 9.17) is 9.26 Å². The van der Waals surface area contributed by atoms with E-state index in [-0.39, 0.29) is 22.8 Å². The van der Waals surface area contributed by atoms with E-state index in [0.29, 0.717) is 0 Å². The monoisotopic (exact) mass is 548 g/mol.